The van der Waals surface area contributed by atoms with Gasteiger partial charge >= 0.3 is 0 Å². The smallest absolute Gasteiger partial charge is 0.167 e. The van der Waals surface area contributed by atoms with Crippen LogP contribution in [0.3, 0.4) is 0 Å². The van der Waals surface area contributed by atoms with E-state index in [1.165, 1.54) is 6.33 Å². The molecule has 1 aliphatic heterocycles. The molecule has 3 rings (SSSR count). The fourth-order valence-electron chi connectivity index (χ4n) is 3.71. The highest BCUT2D eigenvalue weighted by molar-refractivity contribution is 6.58. The van der Waals surface area contributed by atoms with Crippen LogP contribution in [0.25, 0.3) is 11.2 Å². The quantitative estimate of drug-likeness (QED) is 0.621. The zero-order valence-electron chi connectivity index (χ0n) is 16.5. The topological polar surface area (TPSA) is 129 Å². The standard InChI is InChI=1S/C17H29N5O4Si/c1-15(2,3)25-11-6-17(27(4)5,26-16(11,7-23)8-24)22-10-21-12-13(18)19-9-20-14(12)22/h9-11,23-24,27H,6-8H2,1-5H3,(H2,18,19,20)/t11-,17-/m0/s1. The first-order valence-electron chi connectivity index (χ1n) is 9.12. The van der Waals surface area contributed by atoms with E-state index in [9.17, 15) is 10.2 Å². The Labute approximate surface area is 160 Å². The Balaban J connectivity index is 2.15. The molecule has 10 heteroatoms. The van der Waals surface area contributed by atoms with Gasteiger partial charge in [-0.3, -0.25) is 4.57 Å². The van der Waals surface area contributed by atoms with Gasteiger partial charge in [0, 0.05) is 6.42 Å². The highest BCUT2D eigenvalue weighted by Crippen LogP contribution is 2.46. The minimum Gasteiger partial charge on any atom is -0.393 e. The first-order chi connectivity index (χ1) is 12.6. The van der Waals surface area contributed by atoms with Crippen LogP contribution in [-0.4, -0.2) is 69.0 Å². The molecule has 27 heavy (non-hydrogen) atoms. The lowest BCUT2D eigenvalue weighted by atomic mass is 9.97. The Hall–Kier alpha value is -1.59. The molecule has 0 saturated carbocycles. The van der Waals surface area contributed by atoms with Gasteiger partial charge < -0.3 is 25.4 Å². The van der Waals surface area contributed by atoms with Crippen molar-refractivity contribution in [3.63, 3.8) is 0 Å². The van der Waals surface area contributed by atoms with E-state index in [1.807, 2.05) is 25.3 Å². The van der Waals surface area contributed by atoms with E-state index in [4.69, 9.17) is 15.2 Å². The van der Waals surface area contributed by atoms with E-state index >= 15 is 0 Å². The summed E-state index contributed by atoms with van der Waals surface area (Å²) in [6.45, 7) is 9.43. The van der Waals surface area contributed by atoms with Crippen molar-refractivity contribution < 1.29 is 19.7 Å². The number of nitrogen functional groups attached to an aromatic ring is 1. The van der Waals surface area contributed by atoms with E-state index in [1.54, 1.807) is 6.33 Å². The molecule has 0 spiro atoms. The average molecular weight is 396 g/mol. The third kappa shape index (κ3) is 3.25. The number of anilines is 1. The monoisotopic (exact) mass is 395 g/mol. The second-order valence-corrected chi connectivity index (χ2v) is 11.7. The first kappa shape index (κ1) is 20.1. The lowest BCUT2D eigenvalue weighted by Crippen LogP contribution is -2.52. The summed E-state index contributed by atoms with van der Waals surface area (Å²) < 4.78 is 14.6. The zero-order chi connectivity index (χ0) is 20.0. The van der Waals surface area contributed by atoms with Crippen molar-refractivity contribution in [1.29, 1.82) is 0 Å². The molecule has 1 aliphatic rings. The van der Waals surface area contributed by atoms with E-state index in [2.05, 4.69) is 28.0 Å². The van der Waals surface area contributed by atoms with Gasteiger partial charge in [-0.2, -0.15) is 0 Å². The molecule has 150 valence electrons. The highest BCUT2D eigenvalue weighted by Gasteiger charge is 2.59. The Morgan fingerprint density at radius 3 is 2.52 bits per heavy atom. The molecule has 0 radical (unpaired) electrons. The summed E-state index contributed by atoms with van der Waals surface area (Å²) in [5, 5.41) is 19.5. The minimum atomic E-state index is -1.59. The molecule has 2 aromatic rings. The van der Waals surface area contributed by atoms with Gasteiger partial charge in [-0.25, -0.2) is 15.0 Å². The molecule has 0 aliphatic carbocycles. The van der Waals surface area contributed by atoms with Crippen molar-refractivity contribution >= 4 is 25.8 Å². The molecule has 0 bridgehead atoms. The van der Waals surface area contributed by atoms with Crippen LogP contribution in [0.2, 0.25) is 13.1 Å². The van der Waals surface area contributed by atoms with Gasteiger partial charge in [0.2, 0.25) is 0 Å². The molecule has 0 unspecified atom stereocenters. The molecule has 2 atom stereocenters. The average Bonchev–Trinajstić information content (AvgIpc) is 3.15. The van der Waals surface area contributed by atoms with Crippen molar-refractivity contribution in [3.8, 4) is 0 Å². The van der Waals surface area contributed by atoms with Crippen molar-refractivity contribution in [3.05, 3.63) is 12.7 Å². The summed E-state index contributed by atoms with van der Waals surface area (Å²) in [6.07, 6.45) is 3.04. The summed E-state index contributed by atoms with van der Waals surface area (Å²) in [6, 6.07) is 0. The largest absolute Gasteiger partial charge is 0.393 e. The van der Waals surface area contributed by atoms with E-state index < -0.39 is 31.5 Å². The van der Waals surface area contributed by atoms with Gasteiger partial charge in [-0.1, -0.05) is 13.1 Å². The first-order valence-corrected chi connectivity index (χ1v) is 12.0. The van der Waals surface area contributed by atoms with Gasteiger partial charge in [0.1, 0.15) is 22.8 Å². The maximum absolute atomic E-state index is 10.1. The van der Waals surface area contributed by atoms with Crippen molar-refractivity contribution in [1.82, 2.24) is 19.5 Å². The van der Waals surface area contributed by atoms with E-state index in [0.29, 0.717) is 23.4 Å². The van der Waals surface area contributed by atoms with Gasteiger partial charge in [0.05, 0.1) is 40.0 Å². The van der Waals surface area contributed by atoms with Crippen LogP contribution in [0.1, 0.15) is 27.2 Å². The van der Waals surface area contributed by atoms with Crippen LogP contribution < -0.4 is 5.73 Å². The SMILES string of the molecule is C[SiH](C)[C@]1(n2cnc3c(N)ncnc32)C[C@H](OC(C)(C)C)C(CO)(CO)O1. The molecule has 1 saturated heterocycles. The summed E-state index contributed by atoms with van der Waals surface area (Å²) >= 11 is 0. The lowest BCUT2D eigenvalue weighted by Gasteiger charge is -2.37. The van der Waals surface area contributed by atoms with Gasteiger partial charge in [-0.05, 0) is 20.8 Å². The third-order valence-electron chi connectivity index (χ3n) is 5.15. The number of hydrogen-bond donors (Lipinski definition) is 3. The molecule has 0 aromatic carbocycles. The number of nitrogens with two attached hydrogens (primary N) is 1. The number of aromatic nitrogens is 4. The predicted molar refractivity (Wildman–Crippen MR) is 104 cm³/mol. The van der Waals surface area contributed by atoms with Gasteiger partial charge in [0.25, 0.3) is 0 Å². The number of hydrogen-bond acceptors (Lipinski definition) is 8. The van der Waals surface area contributed by atoms with Crippen LogP contribution in [0.15, 0.2) is 12.7 Å². The zero-order valence-corrected chi connectivity index (χ0v) is 17.7. The highest BCUT2D eigenvalue weighted by atomic mass is 28.3. The summed E-state index contributed by atoms with van der Waals surface area (Å²) in [7, 11) is -1.59. The van der Waals surface area contributed by atoms with E-state index in [0.717, 1.165) is 0 Å². The maximum Gasteiger partial charge on any atom is 0.167 e. The van der Waals surface area contributed by atoms with Gasteiger partial charge in [-0.15, -0.1) is 0 Å². The maximum atomic E-state index is 10.1. The molecule has 0 amide bonds. The summed E-state index contributed by atoms with van der Waals surface area (Å²) in [4.78, 5) is 12.7. The number of ether oxygens (including phenoxy) is 2. The van der Waals surface area contributed by atoms with Crippen LogP contribution in [-0.2, 0) is 14.8 Å². The summed E-state index contributed by atoms with van der Waals surface area (Å²) in [5.41, 5.74) is 5.36. The molecule has 9 nitrogen and oxygen atoms in total. The third-order valence-corrected chi connectivity index (χ3v) is 7.58. The fraction of sp³-hybridized carbons (Fsp3) is 0.706. The number of aliphatic hydroxyl groups is 2. The fourth-order valence-corrected chi connectivity index (χ4v) is 5.62. The second kappa shape index (κ2) is 6.78. The Morgan fingerprint density at radius 1 is 1.30 bits per heavy atom. The number of fused-ring (bicyclic) bond motifs is 1. The molecular formula is C17H29N5O4Si. The molecular weight excluding hydrogens is 366 g/mol. The number of nitrogens with zero attached hydrogens (tertiary/aromatic N) is 4. The molecule has 3 heterocycles. The number of aliphatic hydroxyl groups excluding tert-OH is 2. The summed E-state index contributed by atoms with van der Waals surface area (Å²) in [5.74, 6) is 0.301. The number of imidazole rings is 1. The van der Waals surface area contributed by atoms with Crippen LogP contribution in [0, 0.1) is 0 Å². The van der Waals surface area contributed by atoms with E-state index in [-0.39, 0.29) is 13.2 Å². The van der Waals surface area contributed by atoms with Crippen LogP contribution in [0.5, 0.6) is 0 Å². The predicted octanol–water partition coefficient (Wildman–Crippen LogP) is 0.415. The minimum absolute atomic E-state index is 0.301. The Kier molecular flexibility index (Phi) is 5.06. The van der Waals surface area contributed by atoms with Crippen molar-refractivity contribution in [2.45, 2.75) is 62.9 Å². The lowest BCUT2D eigenvalue weighted by molar-refractivity contribution is -0.191. The second-order valence-electron chi connectivity index (χ2n) is 8.45. The van der Waals surface area contributed by atoms with Gasteiger partial charge in [0.15, 0.2) is 11.5 Å². The Morgan fingerprint density at radius 2 is 1.96 bits per heavy atom. The molecule has 2 aromatic heterocycles. The van der Waals surface area contributed by atoms with Crippen molar-refractivity contribution in [2.75, 3.05) is 18.9 Å². The Bertz CT molecular complexity index is 817. The normalized spacial score (nSPS) is 25.6. The molecule has 1 fully saturated rings. The van der Waals surface area contributed by atoms with Crippen molar-refractivity contribution in [2.24, 2.45) is 0 Å². The number of rotatable bonds is 5. The van der Waals surface area contributed by atoms with Crippen LogP contribution in [0.4, 0.5) is 5.82 Å². The van der Waals surface area contributed by atoms with Crippen LogP contribution >= 0.6 is 0 Å². The molecule has 4 N–H and O–H groups in total.